The molecule has 1 aliphatic rings. The molecule has 1 aliphatic carbocycles. The Labute approximate surface area is 94.7 Å². The smallest absolute Gasteiger partial charge is 0.257 e. The summed E-state index contributed by atoms with van der Waals surface area (Å²) in [6.45, 7) is 2.16. The first-order valence-electron chi connectivity index (χ1n) is 5.24. The maximum atomic E-state index is 11.8. The van der Waals surface area contributed by atoms with Gasteiger partial charge in [-0.25, -0.2) is 18.1 Å². The summed E-state index contributed by atoms with van der Waals surface area (Å²) in [5, 5.41) is 0.119. The average molecular weight is 244 g/mol. The maximum absolute atomic E-state index is 11.8. The molecule has 16 heavy (non-hydrogen) atoms. The molecule has 7 heteroatoms. The summed E-state index contributed by atoms with van der Waals surface area (Å²) in [5.74, 6) is 0.958. The van der Waals surface area contributed by atoms with Crippen molar-refractivity contribution in [2.75, 3.05) is 6.54 Å². The molecule has 0 aliphatic heterocycles. The standard InChI is InChI=1S/C9H16N4O2S/c1-6-11-5-9(13-6)16(14,15)12-4-7-2-8(10)3-7/h5,7-8,12H,2-4,10H2,1H3,(H,11,13). The van der Waals surface area contributed by atoms with Gasteiger partial charge in [0.15, 0.2) is 5.03 Å². The summed E-state index contributed by atoms with van der Waals surface area (Å²) in [7, 11) is -3.44. The summed E-state index contributed by atoms with van der Waals surface area (Å²) in [5.41, 5.74) is 5.63. The van der Waals surface area contributed by atoms with Crippen molar-refractivity contribution < 1.29 is 8.42 Å². The highest BCUT2D eigenvalue weighted by atomic mass is 32.2. The largest absolute Gasteiger partial charge is 0.332 e. The SMILES string of the molecule is Cc1ncc(S(=O)(=O)NCC2CC(N)C2)[nH]1. The third-order valence-corrected chi connectivity index (χ3v) is 4.14. The zero-order valence-electron chi connectivity index (χ0n) is 9.10. The number of sulfonamides is 1. The van der Waals surface area contributed by atoms with Crippen molar-refractivity contribution in [3.8, 4) is 0 Å². The lowest BCUT2D eigenvalue weighted by Gasteiger charge is -2.32. The van der Waals surface area contributed by atoms with Crippen molar-refractivity contribution >= 4 is 10.0 Å². The van der Waals surface area contributed by atoms with E-state index in [1.165, 1.54) is 6.20 Å². The van der Waals surface area contributed by atoms with Gasteiger partial charge in [0.25, 0.3) is 10.0 Å². The molecule has 0 aromatic carbocycles. The number of hydrogen-bond donors (Lipinski definition) is 3. The van der Waals surface area contributed by atoms with Gasteiger partial charge in [-0.1, -0.05) is 0 Å². The molecule has 1 aromatic heterocycles. The number of nitrogens with zero attached hydrogens (tertiary/aromatic N) is 1. The molecular formula is C9H16N4O2S. The molecule has 4 N–H and O–H groups in total. The van der Waals surface area contributed by atoms with Gasteiger partial charge in [0.1, 0.15) is 5.82 Å². The summed E-state index contributed by atoms with van der Waals surface area (Å²) >= 11 is 0. The van der Waals surface area contributed by atoms with Gasteiger partial charge in [-0.2, -0.15) is 0 Å². The van der Waals surface area contributed by atoms with E-state index >= 15 is 0 Å². The quantitative estimate of drug-likeness (QED) is 0.679. The van der Waals surface area contributed by atoms with Crippen molar-refractivity contribution in [1.29, 1.82) is 0 Å². The van der Waals surface area contributed by atoms with Crippen molar-refractivity contribution in [1.82, 2.24) is 14.7 Å². The molecule has 6 nitrogen and oxygen atoms in total. The lowest BCUT2D eigenvalue weighted by Crippen LogP contribution is -2.42. The Morgan fingerprint density at radius 1 is 1.62 bits per heavy atom. The average Bonchev–Trinajstić information content (AvgIpc) is 2.58. The zero-order valence-corrected chi connectivity index (χ0v) is 9.92. The topological polar surface area (TPSA) is 101 Å². The monoisotopic (exact) mass is 244 g/mol. The lowest BCUT2D eigenvalue weighted by molar-refractivity contribution is 0.267. The second kappa shape index (κ2) is 4.15. The Morgan fingerprint density at radius 3 is 2.81 bits per heavy atom. The molecule has 0 amide bonds. The molecule has 1 fully saturated rings. The first-order valence-corrected chi connectivity index (χ1v) is 6.72. The van der Waals surface area contributed by atoms with Gasteiger partial charge in [-0.05, 0) is 25.7 Å². The highest BCUT2D eigenvalue weighted by molar-refractivity contribution is 7.89. The number of hydrogen-bond acceptors (Lipinski definition) is 4. The Morgan fingerprint density at radius 2 is 2.31 bits per heavy atom. The maximum Gasteiger partial charge on any atom is 0.257 e. The molecule has 1 heterocycles. The van der Waals surface area contributed by atoms with Gasteiger partial charge in [0, 0.05) is 12.6 Å². The fourth-order valence-corrected chi connectivity index (χ4v) is 2.88. The van der Waals surface area contributed by atoms with Crippen molar-refractivity contribution in [3.63, 3.8) is 0 Å². The number of nitrogens with one attached hydrogen (secondary N) is 2. The Bertz CT molecular complexity index is 462. The molecule has 0 unspecified atom stereocenters. The van der Waals surface area contributed by atoms with Crippen LogP contribution in [0.15, 0.2) is 11.2 Å². The summed E-state index contributed by atoms with van der Waals surface area (Å²) in [6.07, 6.45) is 3.11. The van der Waals surface area contributed by atoms with Gasteiger partial charge in [0.2, 0.25) is 0 Å². The van der Waals surface area contributed by atoms with E-state index in [-0.39, 0.29) is 11.1 Å². The number of nitrogens with two attached hydrogens (primary N) is 1. The molecule has 0 saturated heterocycles. The summed E-state index contributed by atoms with van der Waals surface area (Å²) in [4.78, 5) is 6.56. The number of rotatable bonds is 4. The summed E-state index contributed by atoms with van der Waals surface area (Å²) in [6, 6.07) is 0.240. The van der Waals surface area contributed by atoms with Crippen molar-refractivity contribution in [2.45, 2.75) is 30.8 Å². The van der Waals surface area contributed by atoms with E-state index in [4.69, 9.17) is 5.73 Å². The Hall–Kier alpha value is -0.920. The van der Waals surface area contributed by atoms with Crippen LogP contribution in [0.2, 0.25) is 0 Å². The van der Waals surface area contributed by atoms with E-state index in [9.17, 15) is 8.42 Å². The second-order valence-corrected chi connectivity index (χ2v) is 6.02. The molecule has 0 radical (unpaired) electrons. The fraction of sp³-hybridized carbons (Fsp3) is 0.667. The van der Waals surface area contributed by atoms with Gasteiger partial charge >= 0.3 is 0 Å². The van der Waals surface area contributed by atoms with Crippen LogP contribution in [-0.4, -0.2) is 31.0 Å². The van der Waals surface area contributed by atoms with E-state index in [2.05, 4.69) is 14.7 Å². The van der Waals surface area contributed by atoms with Crippen LogP contribution >= 0.6 is 0 Å². The molecular weight excluding hydrogens is 228 g/mol. The van der Waals surface area contributed by atoms with E-state index < -0.39 is 10.0 Å². The fourth-order valence-electron chi connectivity index (χ4n) is 1.79. The van der Waals surface area contributed by atoms with Gasteiger partial charge in [0.05, 0.1) is 6.20 Å². The number of H-pyrrole nitrogens is 1. The normalized spacial score (nSPS) is 25.4. The van der Waals surface area contributed by atoms with E-state index in [1.807, 2.05) is 0 Å². The number of imidazole rings is 1. The van der Waals surface area contributed by atoms with E-state index in [0.717, 1.165) is 12.8 Å². The minimum absolute atomic E-state index is 0.119. The van der Waals surface area contributed by atoms with Crippen LogP contribution in [0.4, 0.5) is 0 Å². The zero-order chi connectivity index (χ0) is 11.8. The van der Waals surface area contributed by atoms with Crippen molar-refractivity contribution in [2.24, 2.45) is 11.7 Å². The Kier molecular flexibility index (Phi) is 3.00. The van der Waals surface area contributed by atoms with Crippen LogP contribution in [0.5, 0.6) is 0 Å². The van der Waals surface area contributed by atoms with Gasteiger partial charge in [-0.15, -0.1) is 0 Å². The minimum atomic E-state index is -3.44. The molecule has 2 rings (SSSR count). The van der Waals surface area contributed by atoms with E-state index in [0.29, 0.717) is 18.3 Å². The molecule has 0 atom stereocenters. The van der Waals surface area contributed by atoms with E-state index in [1.54, 1.807) is 6.92 Å². The molecule has 0 bridgehead atoms. The predicted molar refractivity (Wildman–Crippen MR) is 59.2 cm³/mol. The molecule has 90 valence electrons. The van der Waals surface area contributed by atoms with Gasteiger partial charge < -0.3 is 10.7 Å². The number of aromatic amines is 1. The van der Waals surface area contributed by atoms with Crippen LogP contribution < -0.4 is 10.5 Å². The highest BCUT2D eigenvalue weighted by Gasteiger charge is 2.27. The molecule has 1 aromatic rings. The third kappa shape index (κ3) is 2.42. The molecule has 1 saturated carbocycles. The van der Waals surface area contributed by atoms with Crippen molar-refractivity contribution in [3.05, 3.63) is 12.0 Å². The number of aromatic nitrogens is 2. The summed E-state index contributed by atoms with van der Waals surface area (Å²) < 4.78 is 26.1. The highest BCUT2D eigenvalue weighted by Crippen LogP contribution is 2.24. The van der Waals surface area contributed by atoms with Gasteiger partial charge in [-0.3, -0.25) is 0 Å². The molecule has 0 spiro atoms. The number of aryl methyl sites for hydroxylation is 1. The van der Waals surface area contributed by atoms with Crippen LogP contribution in [0.1, 0.15) is 18.7 Å². The van der Waals surface area contributed by atoms with Crippen LogP contribution in [-0.2, 0) is 10.0 Å². The van der Waals surface area contributed by atoms with Crippen LogP contribution in [0, 0.1) is 12.8 Å². The second-order valence-electron chi connectivity index (χ2n) is 4.28. The Balaban J connectivity index is 1.93. The van der Waals surface area contributed by atoms with Crippen LogP contribution in [0.3, 0.4) is 0 Å². The third-order valence-electron chi connectivity index (χ3n) is 2.80. The first kappa shape index (κ1) is 11.6. The van der Waals surface area contributed by atoms with Crippen LogP contribution in [0.25, 0.3) is 0 Å². The minimum Gasteiger partial charge on any atom is -0.332 e. The first-order chi connectivity index (χ1) is 7.47. The predicted octanol–water partition coefficient (Wildman–Crippen LogP) is -0.266. The lowest BCUT2D eigenvalue weighted by atomic mass is 9.81.